The number of amides is 1. The van der Waals surface area contributed by atoms with Crippen LogP contribution >= 0.6 is 11.3 Å². The number of rotatable bonds is 5. The fourth-order valence-electron chi connectivity index (χ4n) is 1.22. The van der Waals surface area contributed by atoms with Gasteiger partial charge in [-0.2, -0.15) is 0 Å². The average molecular weight is 242 g/mol. The maximum atomic E-state index is 11.6. The number of thiazole rings is 1. The van der Waals surface area contributed by atoms with Crippen LogP contribution < -0.4 is 5.32 Å². The van der Waals surface area contributed by atoms with Gasteiger partial charge in [0.15, 0.2) is 0 Å². The second-order valence-corrected chi connectivity index (χ2v) is 4.27. The van der Waals surface area contributed by atoms with Crippen LogP contribution in [0.1, 0.15) is 30.8 Å². The van der Waals surface area contributed by atoms with Crippen molar-refractivity contribution >= 4 is 23.2 Å². The molecule has 2 unspecified atom stereocenters. The third-order valence-electron chi connectivity index (χ3n) is 2.43. The Morgan fingerprint density at radius 2 is 2.31 bits per heavy atom. The minimum Gasteiger partial charge on any atom is -0.480 e. The summed E-state index contributed by atoms with van der Waals surface area (Å²) in [5.41, 5.74) is 1.80. The van der Waals surface area contributed by atoms with Crippen molar-refractivity contribution in [3.8, 4) is 0 Å². The SMILES string of the molecule is CCC(C)C(NC(=O)c1cscn1)C(=O)O. The number of carboxylic acids is 1. The summed E-state index contributed by atoms with van der Waals surface area (Å²) in [6, 6.07) is -0.862. The Kier molecular flexibility index (Phi) is 4.42. The number of carbonyl (C=O) groups is 2. The third kappa shape index (κ3) is 3.03. The van der Waals surface area contributed by atoms with Gasteiger partial charge in [0.2, 0.25) is 0 Å². The molecule has 0 aliphatic carbocycles. The maximum Gasteiger partial charge on any atom is 0.326 e. The second-order valence-electron chi connectivity index (χ2n) is 3.55. The monoisotopic (exact) mass is 242 g/mol. The number of carbonyl (C=O) groups excluding carboxylic acids is 1. The molecule has 2 atom stereocenters. The van der Waals surface area contributed by atoms with E-state index < -0.39 is 17.9 Å². The van der Waals surface area contributed by atoms with E-state index in [4.69, 9.17) is 5.11 Å². The van der Waals surface area contributed by atoms with Gasteiger partial charge in [-0.25, -0.2) is 9.78 Å². The number of carboxylic acid groups (broad SMARTS) is 1. The van der Waals surface area contributed by atoms with Gasteiger partial charge in [-0.15, -0.1) is 11.3 Å². The third-order valence-corrected chi connectivity index (χ3v) is 3.02. The largest absolute Gasteiger partial charge is 0.480 e. The summed E-state index contributed by atoms with van der Waals surface area (Å²) in [5, 5.41) is 13.1. The molecular weight excluding hydrogens is 228 g/mol. The van der Waals surface area contributed by atoms with Crippen molar-refractivity contribution in [2.75, 3.05) is 0 Å². The van der Waals surface area contributed by atoms with Gasteiger partial charge in [-0.05, 0) is 5.92 Å². The van der Waals surface area contributed by atoms with Gasteiger partial charge in [0.05, 0.1) is 5.51 Å². The zero-order valence-corrected chi connectivity index (χ0v) is 9.95. The van der Waals surface area contributed by atoms with Crippen LogP contribution in [0.4, 0.5) is 0 Å². The minimum atomic E-state index is -1.02. The average Bonchev–Trinajstić information content (AvgIpc) is 2.77. The Labute approximate surface area is 97.5 Å². The van der Waals surface area contributed by atoms with Crippen molar-refractivity contribution in [2.45, 2.75) is 26.3 Å². The van der Waals surface area contributed by atoms with E-state index >= 15 is 0 Å². The molecule has 1 amide bonds. The number of nitrogens with one attached hydrogen (secondary N) is 1. The molecule has 1 rings (SSSR count). The quantitative estimate of drug-likeness (QED) is 0.817. The molecule has 0 fully saturated rings. The van der Waals surface area contributed by atoms with Crippen LogP contribution in [0.5, 0.6) is 0 Å². The molecule has 1 aromatic heterocycles. The van der Waals surface area contributed by atoms with Crippen molar-refractivity contribution in [1.29, 1.82) is 0 Å². The van der Waals surface area contributed by atoms with Crippen molar-refractivity contribution in [1.82, 2.24) is 10.3 Å². The van der Waals surface area contributed by atoms with Crippen LogP contribution in [0.3, 0.4) is 0 Å². The Morgan fingerprint density at radius 1 is 1.62 bits per heavy atom. The summed E-state index contributed by atoms with van der Waals surface area (Å²) >= 11 is 1.30. The van der Waals surface area contributed by atoms with E-state index in [1.807, 2.05) is 6.92 Å². The van der Waals surface area contributed by atoms with Crippen LogP contribution in [0.25, 0.3) is 0 Å². The molecule has 0 bridgehead atoms. The topological polar surface area (TPSA) is 79.3 Å². The van der Waals surface area contributed by atoms with Gasteiger partial charge < -0.3 is 10.4 Å². The number of hydrogen-bond acceptors (Lipinski definition) is 4. The molecule has 88 valence electrons. The smallest absolute Gasteiger partial charge is 0.326 e. The second kappa shape index (κ2) is 5.60. The first-order valence-electron chi connectivity index (χ1n) is 4.98. The van der Waals surface area contributed by atoms with E-state index in [9.17, 15) is 9.59 Å². The van der Waals surface area contributed by atoms with Gasteiger partial charge in [0.1, 0.15) is 11.7 Å². The summed E-state index contributed by atoms with van der Waals surface area (Å²) in [4.78, 5) is 26.4. The Morgan fingerprint density at radius 3 is 2.75 bits per heavy atom. The fraction of sp³-hybridized carbons (Fsp3) is 0.500. The summed E-state index contributed by atoms with van der Waals surface area (Å²) in [6.07, 6.45) is 0.689. The molecule has 0 spiro atoms. The lowest BCUT2D eigenvalue weighted by Crippen LogP contribution is -2.45. The highest BCUT2D eigenvalue weighted by Crippen LogP contribution is 2.09. The molecule has 6 heteroatoms. The van der Waals surface area contributed by atoms with Crippen molar-refractivity contribution in [3.63, 3.8) is 0 Å². The molecule has 0 saturated carbocycles. The molecule has 0 aliphatic heterocycles. The van der Waals surface area contributed by atoms with Gasteiger partial charge in [0.25, 0.3) is 5.91 Å². The van der Waals surface area contributed by atoms with Gasteiger partial charge in [0, 0.05) is 5.38 Å². The van der Waals surface area contributed by atoms with Gasteiger partial charge in [-0.1, -0.05) is 20.3 Å². The standard InChI is InChI=1S/C10H14N2O3S/c1-3-6(2)8(10(14)15)12-9(13)7-4-16-5-11-7/h4-6,8H,3H2,1-2H3,(H,12,13)(H,14,15). The lowest BCUT2D eigenvalue weighted by Gasteiger charge is -2.19. The first-order chi connectivity index (χ1) is 7.56. The normalized spacial score (nSPS) is 14.1. The van der Waals surface area contributed by atoms with Crippen molar-refractivity contribution < 1.29 is 14.7 Å². The fourth-order valence-corrected chi connectivity index (χ4v) is 1.76. The van der Waals surface area contributed by atoms with Crippen LogP contribution in [0.15, 0.2) is 10.9 Å². The van der Waals surface area contributed by atoms with Crippen molar-refractivity contribution in [2.24, 2.45) is 5.92 Å². The highest BCUT2D eigenvalue weighted by molar-refractivity contribution is 7.07. The number of aromatic nitrogens is 1. The molecule has 0 saturated heterocycles. The number of hydrogen-bond donors (Lipinski definition) is 2. The van der Waals surface area contributed by atoms with E-state index in [0.717, 1.165) is 0 Å². The molecule has 0 aromatic carbocycles. The van der Waals surface area contributed by atoms with Gasteiger partial charge >= 0.3 is 5.97 Å². The lowest BCUT2D eigenvalue weighted by molar-refractivity contribution is -0.140. The molecular formula is C10H14N2O3S. The minimum absolute atomic E-state index is 0.111. The lowest BCUT2D eigenvalue weighted by atomic mass is 9.99. The van der Waals surface area contributed by atoms with E-state index in [1.165, 1.54) is 16.8 Å². The Balaban J connectivity index is 2.69. The Bertz CT molecular complexity index is 364. The molecule has 2 N–H and O–H groups in total. The van der Waals surface area contributed by atoms with Crippen LogP contribution in [0, 0.1) is 5.92 Å². The van der Waals surface area contributed by atoms with Crippen molar-refractivity contribution in [3.05, 3.63) is 16.6 Å². The first kappa shape index (κ1) is 12.6. The molecule has 0 radical (unpaired) electrons. The summed E-state index contributed by atoms with van der Waals surface area (Å²) in [5.74, 6) is -1.56. The van der Waals surface area contributed by atoms with E-state index in [2.05, 4.69) is 10.3 Å². The molecule has 5 nitrogen and oxygen atoms in total. The van der Waals surface area contributed by atoms with E-state index in [-0.39, 0.29) is 11.6 Å². The zero-order valence-electron chi connectivity index (χ0n) is 9.14. The highest BCUT2D eigenvalue weighted by atomic mass is 32.1. The van der Waals surface area contributed by atoms with Crippen LogP contribution in [-0.4, -0.2) is 28.0 Å². The summed E-state index contributed by atoms with van der Waals surface area (Å²) in [7, 11) is 0. The summed E-state index contributed by atoms with van der Waals surface area (Å²) in [6.45, 7) is 3.68. The van der Waals surface area contributed by atoms with E-state index in [1.54, 1.807) is 12.3 Å². The molecule has 16 heavy (non-hydrogen) atoms. The molecule has 1 aromatic rings. The van der Waals surface area contributed by atoms with Crippen LogP contribution in [-0.2, 0) is 4.79 Å². The summed E-state index contributed by atoms with van der Waals surface area (Å²) < 4.78 is 0. The van der Waals surface area contributed by atoms with Gasteiger partial charge in [-0.3, -0.25) is 4.79 Å². The maximum absolute atomic E-state index is 11.6. The number of nitrogens with zero attached hydrogens (tertiary/aromatic N) is 1. The highest BCUT2D eigenvalue weighted by Gasteiger charge is 2.26. The molecule has 1 heterocycles. The van der Waals surface area contributed by atoms with Crippen LogP contribution in [0.2, 0.25) is 0 Å². The van der Waals surface area contributed by atoms with E-state index in [0.29, 0.717) is 6.42 Å². The molecule has 0 aliphatic rings. The predicted octanol–water partition coefficient (Wildman–Crippen LogP) is 1.37. The predicted molar refractivity (Wildman–Crippen MR) is 60.5 cm³/mol. The zero-order chi connectivity index (χ0) is 12.1. The Hall–Kier alpha value is -1.43. The first-order valence-corrected chi connectivity index (χ1v) is 5.92. The number of aliphatic carboxylic acids is 1.